The van der Waals surface area contributed by atoms with E-state index in [4.69, 9.17) is 16.0 Å². The molecule has 1 heterocycles. The molecule has 0 unspecified atom stereocenters. The van der Waals surface area contributed by atoms with Crippen molar-refractivity contribution in [2.75, 3.05) is 36.0 Å². The Balaban J connectivity index is 2.07. The highest BCUT2D eigenvalue weighted by Crippen LogP contribution is 2.31. The number of hydrogen-bond donors (Lipinski definition) is 0. The van der Waals surface area contributed by atoms with E-state index in [2.05, 4.69) is 55.7 Å². The second-order valence-corrected chi connectivity index (χ2v) is 9.82. The fourth-order valence-corrected chi connectivity index (χ4v) is 5.50. The Kier molecular flexibility index (Phi) is 7.80. The van der Waals surface area contributed by atoms with Crippen LogP contribution in [0.2, 0.25) is 5.02 Å². The van der Waals surface area contributed by atoms with Crippen molar-refractivity contribution >= 4 is 55.8 Å². The maximum Gasteiger partial charge on any atom is 0.263 e. The van der Waals surface area contributed by atoms with E-state index in [0.717, 1.165) is 48.3 Å². The third-order valence-corrected chi connectivity index (χ3v) is 7.69. The third kappa shape index (κ3) is 4.95. The van der Waals surface area contributed by atoms with Crippen LogP contribution in [0.4, 0.5) is 11.4 Å². The van der Waals surface area contributed by atoms with Crippen LogP contribution in [-0.2, 0) is 0 Å². The Hall–Kier alpha value is -3.96. The highest BCUT2D eigenvalue weighted by Gasteiger charge is 2.14. The molecule has 0 saturated carbocycles. The first-order valence-corrected chi connectivity index (χ1v) is 14.0. The minimum Gasteiger partial charge on any atom is -0.454 e. The molecule has 0 amide bonds. The van der Waals surface area contributed by atoms with E-state index < -0.39 is 0 Å². The van der Waals surface area contributed by atoms with Gasteiger partial charge in [-0.25, -0.2) is 0 Å². The smallest absolute Gasteiger partial charge is 0.263 e. The van der Waals surface area contributed by atoms with Crippen molar-refractivity contribution in [3.8, 4) is 5.69 Å². The number of nitrogens with zero attached hydrogens (tertiary/aromatic N) is 3. The van der Waals surface area contributed by atoms with Gasteiger partial charge in [-0.2, -0.15) is 0 Å². The summed E-state index contributed by atoms with van der Waals surface area (Å²) in [6.45, 7) is 12.0. The summed E-state index contributed by atoms with van der Waals surface area (Å²) in [7, 11) is 0. The lowest BCUT2D eigenvalue weighted by atomic mass is 10.1. The maximum absolute atomic E-state index is 14.5. The summed E-state index contributed by atoms with van der Waals surface area (Å²) in [6.07, 6.45) is 0. The van der Waals surface area contributed by atoms with Gasteiger partial charge in [0.25, 0.3) is 5.56 Å². The molecule has 0 spiro atoms. The summed E-state index contributed by atoms with van der Waals surface area (Å²) < 4.78 is 8.51. The zero-order valence-electron chi connectivity index (χ0n) is 22.9. The maximum atomic E-state index is 14.5. The Labute approximate surface area is 234 Å². The second kappa shape index (κ2) is 11.4. The lowest BCUT2D eigenvalue weighted by molar-refractivity contribution is 0.660. The molecule has 0 aliphatic carbocycles. The largest absolute Gasteiger partial charge is 0.454 e. The van der Waals surface area contributed by atoms with E-state index in [-0.39, 0.29) is 5.56 Å². The summed E-state index contributed by atoms with van der Waals surface area (Å²) in [5, 5.41) is 2.76. The molecule has 1 aromatic heterocycles. The monoisotopic (exact) mass is 539 g/mol. The molecule has 200 valence electrons. The standard InChI is InChI=1S/C33H34ClN3O2/c1-5-35(6-2)23-17-19-26-25-13-9-10-14-27(25)33(38)37(29-16-12-11-15-28(29)34)30-20-18-24(36(7-3)8-4)22-32(30)39-31(26)21-23/h9-22H,5-8H2,1-4H3. The van der Waals surface area contributed by atoms with Crippen molar-refractivity contribution in [3.05, 3.63) is 100 Å². The van der Waals surface area contributed by atoms with Crippen molar-refractivity contribution in [2.24, 2.45) is 0 Å². The van der Waals surface area contributed by atoms with Gasteiger partial charge in [0.05, 0.1) is 16.2 Å². The summed E-state index contributed by atoms with van der Waals surface area (Å²) >= 11 is 6.71. The average Bonchev–Trinajstić information content (AvgIpc) is 3.00. The number of anilines is 2. The van der Waals surface area contributed by atoms with Crippen LogP contribution in [0.15, 0.2) is 94.1 Å². The molecular weight excluding hydrogens is 506 g/mol. The summed E-state index contributed by atoms with van der Waals surface area (Å²) in [6, 6.07) is 27.4. The van der Waals surface area contributed by atoms with E-state index in [1.165, 1.54) is 0 Å². The van der Waals surface area contributed by atoms with Crippen LogP contribution in [0.1, 0.15) is 27.7 Å². The summed E-state index contributed by atoms with van der Waals surface area (Å²) in [5.74, 6) is 0. The highest BCUT2D eigenvalue weighted by atomic mass is 35.5. The molecule has 0 atom stereocenters. The second-order valence-electron chi connectivity index (χ2n) is 9.42. The van der Waals surface area contributed by atoms with E-state index in [9.17, 15) is 4.79 Å². The summed E-state index contributed by atoms with van der Waals surface area (Å²) in [5.41, 5.74) is 4.49. The number of hydrogen-bond acceptors (Lipinski definition) is 4. The molecule has 0 aliphatic heterocycles. The predicted octanol–water partition coefficient (Wildman–Crippen LogP) is 8.36. The van der Waals surface area contributed by atoms with E-state index in [1.54, 1.807) is 10.6 Å². The van der Waals surface area contributed by atoms with Gasteiger partial charge in [-0.15, -0.1) is 0 Å². The van der Waals surface area contributed by atoms with Crippen molar-refractivity contribution < 1.29 is 4.42 Å². The average molecular weight is 540 g/mol. The molecule has 0 saturated heterocycles. The number of halogens is 1. The first-order valence-electron chi connectivity index (χ1n) is 13.6. The number of para-hydroxylation sites is 1. The quantitative estimate of drug-likeness (QED) is 0.208. The number of benzene rings is 4. The number of rotatable bonds is 7. The van der Waals surface area contributed by atoms with Gasteiger partial charge in [0.1, 0.15) is 5.58 Å². The predicted molar refractivity (Wildman–Crippen MR) is 167 cm³/mol. The Morgan fingerprint density at radius 2 is 1.23 bits per heavy atom. The van der Waals surface area contributed by atoms with Crippen LogP contribution in [0.3, 0.4) is 0 Å². The van der Waals surface area contributed by atoms with Crippen molar-refractivity contribution in [3.63, 3.8) is 0 Å². The fourth-order valence-electron chi connectivity index (χ4n) is 5.28. The molecular formula is C33H34ClN3O2. The van der Waals surface area contributed by atoms with Gasteiger partial charge in [0.2, 0.25) is 0 Å². The van der Waals surface area contributed by atoms with Crippen molar-refractivity contribution in [1.82, 2.24) is 4.57 Å². The van der Waals surface area contributed by atoms with Crippen LogP contribution >= 0.6 is 11.6 Å². The van der Waals surface area contributed by atoms with Crippen LogP contribution in [0.5, 0.6) is 0 Å². The minimum absolute atomic E-state index is 0.167. The lowest BCUT2D eigenvalue weighted by Gasteiger charge is -2.21. The normalized spacial score (nSPS) is 11.2. The van der Waals surface area contributed by atoms with E-state index >= 15 is 0 Å². The third-order valence-electron chi connectivity index (χ3n) is 7.37. The van der Waals surface area contributed by atoms with Gasteiger partial charge in [-0.1, -0.05) is 41.9 Å². The molecule has 5 nitrogen and oxygen atoms in total. The molecule has 0 radical (unpaired) electrons. The lowest BCUT2D eigenvalue weighted by Crippen LogP contribution is -2.22. The zero-order valence-corrected chi connectivity index (χ0v) is 23.7. The van der Waals surface area contributed by atoms with Crippen LogP contribution < -0.4 is 15.4 Å². The van der Waals surface area contributed by atoms with Gasteiger partial charge in [0.15, 0.2) is 5.58 Å². The van der Waals surface area contributed by atoms with Crippen LogP contribution in [0, 0.1) is 0 Å². The Bertz CT molecular complexity index is 1760. The first-order chi connectivity index (χ1) is 19.0. The van der Waals surface area contributed by atoms with Gasteiger partial charge < -0.3 is 14.2 Å². The molecule has 5 aromatic rings. The zero-order chi connectivity index (χ0) is 27.5. The molecule has 39 heavy (non-hydrogen) atoms. The van der Waals surface area contributed by atoms with Gasteiger partial charge in [-0.3, -0.25) is 9.36 Å². The van der Waals surface area contributed by atoms with E-state index in [1.807, 2.05) is 60.7 Å². The molecule has 0 aliphatic rings. The molecule has 0 fully saturated rings. The SMILES string of the molecule is CCN(CC)c1ccc2c(c1)oc1cc(N(CC)CC)ccc1n(-c1ccccc1Cl)c(=O)c1ccccc12. The van der Waals surface area contributed by atoms with Crippen molar-refractivity contribution in [1.29, 1.82) is 0 Å². The topological polar surface area (TPSA) is 41.6 Å². The van der Waals surface area contributed by atoms with Crippen molar-refractivity contribution in [2.45, 2.75) is 27.7 Å². The Morgan fingerprint density at radius 1 is 0.667 bits per heavy atom. The van der Waals surface area contributed by atoms with Gasteiger partial charge in [0, 0.05) is 60.5 Å². The first kappa shape index (κ1) is 26.6. The number of fused-ring (bicyclic) bond motifs is 4. The molecule has 0 bridgehead atoms. The fraction of sp³-hybridized carbons (Fsp3) is 0.242. The van der Waals surface area contributed by atoms with E-state index in [0.29, 0.717) is 32.8 Å². The van der Waals surface area contributed by atoms with Crippen LogP contribution in [-0.4, -0.2) is 30.7 Å². The molecule has 6 heteroatoms. The summed E-state index contributed by atoms with van der Waals surface area (Å²) in [4.78, 5) is 19.0. The Morgan fingerprint density at radius 3 is 1.87 bits per heavy atom. The molecule has 0 N–H and O–H groups in total. The number of aromatic nitrogens is 1. The molecule has 5 rings (SSSR count). The highest BCUT2D eigenvalue weighted by molar-refractivity contribution is 6.32. The van der Waals surface area contributed by atoms with Gasteiger partial charge in [-0.05, 0) is 75.5 Å². The molecule has 4 aromatic carbocycles. The van der Waals surface area contributed by atoms with Crippen LogP contribution in [0.25, 0.3) is 38.5 Å². The van der Waals surface area contributed by atoms with Gasteiger partial charge >= 0.3 is 0 Å². The minimum atomic E-state index is -0.167.